The van der Waals surface area contributed by atoms with E-state index in [2.05, 4.69) is 20.0 Å². The van der Waals surface area contributed by atoms with Crippen LogP contribution in [0.3, 0.4) is 0 Å². The Bertz CT molecular complexity index is 976. The van der Waals surface area contributed by atoms with E-state index in [1.807, 2.05) is 6.07 Å². The van der Waals surface area contributed by atoms with Crippen molar-refractivity contribution >= 4 is 32.7 Å². The molecule has 2 aromatic carbocycles. The number of nitrogens with zero attached hydrogens (tertiary/aromatic N) is 2. The van der Waals surface area contributed by atoms with Gasteiger partial charge in [-0.1, -0.05) is 30.3 Å². The fraction of sp³-hybridized carbons (Fsp3) is 0.176. The van der Waals surface area contributed by atoms with Gasteiger partial charge in [-0.05, 0) is 31.2 Å². The number of rotatable bonds is 6. The van der Waals surface area contributed by atoms with Crippen LogP contribution in [0.2, 0.25) is 0 Å². The number of hydrogen-bond donors (Lipinski definition) is 3. The molecule has 1 atom stereocenters. The largest absolute Gasteiger partial charge is 0.392 e. The van der Waals surface area contributed by atoms with Crippen LogP contribution in [0, 0.1) is 0 Å². The topological polar surface area (TPSA) is 104 Å². The molecule has 1 unspecified atom stereocenters. The molecular formula is C17H18N4O3S. The first-order valence-electron chi connectivity index (χ1n) is 7.72. The highest BCUT2D eigenvalue weighted by atomic mass is 32.2. The molecule has 0 aliphatic rings. The van der Waals surface area contributed by atoms with Gasteiger partial charge in [0.05, 0.1) is 22.0 Å². The number of para-hydroxylation sites is 2. The molecule has 7 nitrogen and oxygen atoms in total. The van der Waals surface area contributed by atoms with E-state index in [0.29, 0.717) is 11.0 Å². The van der Waals surface area contributed by atoms with Crippen molar-refractivity contribution in [1.29, 1.82) is 0 Å². The van der Waals surface area contributed by atoms with Gasteiger partial charge in [0.15, 0.2) is 11.6 Å². The Morgan fingerprint density at radius 2 is 1.52 bits per heavy atom. The lowest BCUT2D eigenvalue weighted by molar-refractivity contribution is 0.208. The highest BCUT2D eigenvalue weighted by molar-refractivity contribution is 7.92. The van der Waals surface area contributed by atoms with Gasteiger partial charge < -0.3 is 10.4 Å². The molecule has 0 bridgehead atoms. The van der Waals surface area contributed by atoms with Gasteiger partial charge in [-0.25, -0.2) is 18.4 Å². The van der Waals surface area contributed by atoms with Gasteiger partial charge in [0, 0.05) is 6.54 Å². The molecule has 25 heavy (non-hydrogen) atoms. The number of aromatic nitrogens is 2. The summed E-state index contributed by atoms with van der Waals surface area (Å²) in [5, 5.41) is 12.4. The Kier molecular flexibility index (Phi) is 4.82. The summed E-state index contributed by atoms with van der Waals surface area (Å²) in [6.07, 6.45) is -0.619. The van der Waals surface area contributed by atoms with E-state index in [4.69, 9.17) is 0 Å². The Hall–Kier alpha value is -2.71. The first-order valence-corrected chi connectivity index (χ1v) is 9.20. The van der Waals surface area contributed by atoms with Gasteiger partial charge in [-0.15, -0.1) is 0 Å². The van der Waals surface area contributed by atoms with Gasteiger partial charge in [-0.3, -0.25) is 4.72 Å². The zero-order chi connectivity index (χ0) is 17.9. The zero-order valence-electron chi connectivity index (χ0n) is 13.5. The quantitative estimate of drug-likeness (QED) is 0.624. The van der Waals surface area contributed by atoms with Crippen molar-refractivity contribution in [1.82, 2.24) is 9.97 Å². The van der Waals surface area contributed by atoms with Gasteiger partial charge >= 0.3 is 0 Å². The Morgan fingerprint density at radius 1 is 0.960 bits per heavy atom. The second-order valence-corrected chi connectivity index (χ2v) is 7.24. The summed E-state index contributed by atoms with van der Waals surface area (Å²) in [5.74, 6) is 0.349. The lowest BCUT2D eigenvalue weighted by atomic mass is 10.3. The van der Waals surface area contributed by atoms with Crippen LogP contribution >= 0.6 is 0 Å². The van der Waals surface area contributed by atoms with Crippen LogP contribution in [0.4, 0.5) is 11.6 Å². The minimum absolute atomic E-state index is 0.0863. The molecule has 130 valence electrons. The fourth-order valence-corrected chi connectivity index (χ4v) is 3.25. The monoisotopic (exact) mass is 358 g/mol. The van der Waals surface area contributed by atoms with Crippen molar-refractivity contribution < 1.29 is 13.5 Å². The molecule has 0 aliphatic carbocycles. The van der Waals surface area contributed by atoms with Crippen molar-refractivity contribution in [2.45, 2.75) is 17.9 Å². The summed E-state index contributed by atoms with van der Waals surface area (Å²) < 4.78 is 27.6. The van der Waals surface area contributed by atoms with E-state index in [0.717, 1.165) is 0 Å². The number of anilines is 2. The molecule has 1 aromatic heterocycles. The van der Waals surface area contributed by atoms with Crippen LogP contribution in [-0.4, -0.2) is 36.1 Å². The van der Waals surface area contributed by atoms with Gasteiger partial charge in [0.25, 0.3) is 10.0 Å². The molecule has 0 fully saturated rings. The third kappa shape index (κ3) is 4.04. The van der Waals surface area contributed by atoms with Crippen LogP contribution in [0.25, 0.3) is 11.0 Å². The van der Waals surface area contributed by atoms with E-state index in [-0.39, 0.29) is 23.1 Å². The van der Waals surface area contributed by atoms with E-state index >= 15 is 0 Å². The summed E-state index contributed by atoms with van der Waals surface area (Å²) in [7, 11) is -3.80. The van der Waals surface area contributed by atoms with Crippen LogP contribution in [0.5, 0.6) is 0 Å². The summed E-state index contributed by atoms with van der Waals surface area (Å²) in [6.45, 7) is 1.84. The van der Waals surface area contributed by atoms with E-state index < -0.39 is 16.1 Å². The summed E-state index contributed by atoms with van der Waals surface area (Å²) in [6, 6.07) is 15.2. The number of fused-ring (bicyclic) bond motifs is 1. The van der Waals surface area contributed by atoms with Crippen LogP contribution < -0.4 is 10.0 Å². The molecule has 0 amide bonds. The lowest BCUT2D eigenvalue weighted by Gasteiger charge is -2.14. The summed E-state index contributed by atoms with van der Waals surface area (Å²) in [4.78, 5) is 8.91. The molecule has 0 aliphatic heterocycles. The molecule has 0 radical (unpaired) electrons. The van der Waals surface area contributed by atoms with Crippen LogP contribution in [0.15, 0.2) is 59.5 Å². The highest BCUT2D eigenvalue weighted by Gasteiger charge is 2.18. The maximum absolute atomic E-state index is 12.6. The van der Waals surface area contributed by atoms with Crippen molar-refractivity contribution in [3.05, 3.63) is 54.6 Å². The first-order chi connectivity index (χ1) is 12.0. The van der Waals surface area contributed by atoms with E-state index in [9.17, 15) is 13.5 Å². The van der Waals surface area contributed by atoms with Crippen molar-refractivity contribution in [3.63, 3.8) is 0 Å². The molecule has 3 rings (SSSR count). The van der Waals surface area contributed by atoms with Crippen molar-refractivity contribution in [2.75, 3.05) is 16.6 Å². The number of hydrogen-bond acceptors (Lipinski definition) is 6. The molecule has 3 aromatic rings. The van der Waals surface area contributed by atoms with Crippen LogP contribution in [-0.2, 0) is 10.0 Å². The average molecular weight is 358 g/mol. The molecular weight excluding hydrogens is 340 g/mol. The first kappa shape index (κ1) is 17.1. The maximum atomic E-state index is 12.6. The standard InChI is InChI=1S/C17H18N4O3S/c1-12(22)11-18-16-17(20-15-10-6-5-9-14(15)19-16)21-25(23,24)13-7-3-2-4-8-13/h2-10,12,22H,11H2,1H3,(H,18,19)(H,20,21). The molecule has 3 N–H and O–H groups in total. The summed E-state index contributed by atoms with van der Waals surface area (Å²) >= 11 is 0. The molecule has 8 heteroatoms. The fourth-order valence-electron chi connectivity index (χ4n) is 2.22. The second-order valence-electron chi connectivity index (χ2n) is 5.56. The zero-order valence-corrected chi connectivity index (χ0v) is 14.4. The third-order valence-corrected chi connectivity index (χ3v) is 4.77. The van der Waals surface area contributed by atoms with E-state index in [1.54, 1.807) is 43.3 Å². The highest BCUT2D eigenvalue weighted by Crippen LogP contribution is 2.24. The minimum atomic E-state index is -3.80. The second kappa shape index (κ2) is 7.04. The van der Waals surface area contributed by atoms with Gasteiger partial charge in [0.1, 0.15) is 0 Å². The lowest BCUT2D eigenvalue weighted by Crippen LogP contribution is -2.20. The molecule has 0 spiro atoms. The summed E-state index contributed by atoms with van der Waals surface area (Å²) in [5.41, 5.74) is 1.19. The Labute approximate surface area is 145 Å². The Balaban J connectivity index is 2.02. The SMILES string of the molecule is CC(O)CNc1nc2ccccc2nc1NS(=O)(=O)c1ccccc1. The number of benzene rings is 2. The predicted octanol–water partition coefficient (Wildman–Crippen LogP) is 2.22. The van der Waals surface area contributed by atoms with Gasteiger partial charge in [0.2, 0.25) is 0 Å². The molecule has 0 saturated heterocycles. The normalized spacial score (nSPS) is 12.7. The van der Waals surface area contributed by atoms with Crippen molar-refractivity contribution in [2.24, 2.45) is 0 Å². The average Bonchev–Trinajstić information content (AvgIpc) is 2.60. The number of aliphatic hydroxyl groups is 1. The van der Waals surface area contributed by atoms with Gasteiger partial charge in [-0.2, -0.15) is 0 Å². The smallest absolute Gasteiger partial charge is 0.263 e. The molecule has 0 saturated carbocycles. The molecule has 1 heterocycles. The van der Waals surface area contributed by atoms with Crippen molar-refractivity contribution in [3.8, 4) is 0 Å². The number of nitrogens with one attached hydrogen (secondary N) is 2. The van der Waals surface area contributed by atoms with Crippen LogP contribution in [0.1, 0.15) is 6.92 Å². The maximum Gasteiger partial charge on any atom is 0.263 e. The Morgan fingerprint density at radius 3 is 2.12 bits per heavy atom. The predicted molar refractivity (Wildman–Crippen MR) is 97.0 cm³/mol. The van der Waals surface area contributed by atoms with E-state index in [1.165, 1.54) is 12.1 Å². The minimum Gasteiger partial charge on any atom is -0.392 e. The number of sulfonamides is 1. The third-order valence-electron chi connectivity index (χ3n) is 3.42. The number of aliphatic hydroxyl groups excluding tert-OH is 1.